The van der Waals surface area contributed by atoms with E-state index in [2.05, 4.69) is 5.32 Å². The zero-order chi connectivity index (χ0) is 18.6. The van der Waals surface area contributed by atoms with Gasteiger partial charge in [0, 0.05) is 23.2 Å². The summed E-state index contributed by atoms with van der Waals surface area (Å²) < 4.78 is 0. The molecule has 0 aromatic heterocycles. The molecule has 0 radical (unpaired) electrons. The number of aryl methyl sites for hydroxylation is 1. The first kappa shape index (κ1) is 19.5. The van der Waals surface area contributed by atoms with Crippen LogP contribution in [0.3, 0.4) is 0 Å². The molecule has 0 saturated heterocycles. The maximum atomic E-state index is 12.8. The maximum Gasteiger partial charge on any atom is 0.231 e. The molecular formula is C18H22Cl2N4O. The van der Waals surface area contributed by atoms with Gasteiger partial charge >= 0.3 is 0 Å². The first-order chi connectivity index (χ1) is 11.9. The van der Waals surface area contributed by atoms with Crippen LogP contribution in [0.2, 0.25) is 0 Å². The van der Waals surface area contributed by atoms with E-state index in [1.807, 2.05) is 13.0 Å². The normalized spacial score (nSPS) is 20.7. The molecule has 2 rings (SSSR count). The number of rotatable bonds is 6. The van der Waals surface area contributed by atoms with E-state index in [9.17, 15) is 4.79 Å². The lowest BCUT2D eigenvalue weighted by Gasteiger charge is -2.23. The van der Waals surface area contributed by atoms with Gasteiger partial charge in [0.1, 0.15) is 0 Å². The topological polar surface area (TPSA) is 105 Å². The van der Waals surface area contributed by atoms with Crippen LogP contribution in [-0.4, -0.2) is 29.4 Å². The van der Waals surface area contributed by atoms with Gasteiger partial charge in [-0.25, -0.2) is 0 Å². The monoisotopic (exact) mass is 380 g/mol. The molecule has 0 fully saturated rings. The van der Waals surface area contributed by atoms with E-state index in [1.165, 1.54) is 6.21 Å². The molecule has 0 bridgehead atoms. The van der Waals surface area contributed by atoms with E-state index >= 15 is 0 Å². The van der Waals surface area contributed by atoms with Gasteiger partial charge in [0.2, 0.25) is 5.91 Å². The highest BCUT2D eigenvalue weighted by atomic mass is 35.5. The SMILES string of the molecule is Cc1cc(NC(=O)C(CCN)C2=CC(Cl)C(Cl)C=C2)cc(C=N)c1N. The van der Waals surface area contributed by atoms with Crippen molar-refractivity contribution in [2.45, 2.75) is 24.1 Å². The molecule has 0 saturated carbocycles. The number of allylic oxidation sites excluding steroid dienone is 3. The van der Waals surface area contributed by atoms with Gasteiger partial charge in [-0.15, -0.1) is 23.2 Å². The van der Waals surface area contributed by atoms with E-state index in [0.717, 1.165) is 11.1 Å². The average molecular weight is 381 g/mol. The van der Waals surface area contributed by atoms with Crippen molar-refractivity contribution in [3.8, 4) is 0 Å². The highest BCUT2D eigenvalue weighted by Gasteiger charge is 2.26. The minimum atomic E-state index is -0.423. The predicted octanol–water partition coefficient (Wildman–Crippen LogP) is 3.19. The summed E-state index contributed by atoms with van der Waals surface area (Å²) in [6.07, 6.45) is 7.07. The number of hydrogen-bond donors (Lipinski definition) is 4. The van der Waals surface area contributed by atoms with Crippen molar-refractivity contribution < 1.29 is 4.79 Å². The van der Waals surface area contributed by atoms with Gasteiger partial charge in [-0.1, -0.05) is 18.2 Å². The van der Waals surface area contributed by atoms with Gasteiger partial charge in [-0.2, -0.15) is 0 Å². The molecule has 5 nitrogen and oxygen atoms in total. The number of hydrogen-bond acceptors (Lipinski definition) is 4. The quantitative estimate of drug-likeness (QED) is 0.345. The molecule has 1 aliphatic rings. The Morgan fingerprint density at radius 3 is 2.72 bits per heavy atom. The summed E-state index contributed by atoms with van der Waals surface area (Å²) in [5, 5.41) is 9.67. The van der Waals surface area contributed by atoms with Crippen molar-refractivity contribution in [3.05, 3.63) is 47.1 Å². The van der Waals surface area contributed by atoms with Crippen LogP contribution in [0.25, 0.3) is 0 Å². The summed E-state index contributed by atoms with van der Waals surface area (Å²) >= 11 is 12.3. The molecule has 134 valence electrons. The average Bonchev–Trinajstić information content (AvgIpc) is 2.58. The second-order valence-corrected chi connectivity index (χ2v) is 6.98. The summed E-state index contributed by atoms with van der Waals surface area (Å²) in [5.41, 5.74) is 14.9. The Kier molecular flexibility index (Phi) is 6.64. The number of nitrogens with two attached hydrogens (primary N) is 2. The Hall–Kier alpha value is -1.82. The number of carbonyl (C=O) groups excluding carboxylic acids is 1. The van der Waals surface area contributed by atoms with Crippen LogP contribution in [0.1, 0.15) is 17.5 Å². The zero-order valence-electron chi connectivity index (χ0n) is 13.9. The highest BCUT2D eigenvalue weighted by molar-refractivity contribution is 6.32. The molecule has 3 atom stereocenters. The third-order valence-electron chi connectivity index (χ3n) is 4.14. The van der Waals surface area contributed by atoms with Crippen LogP contribution >= 0.6 is 23.2 Å². The van der Waals surface area contributed by atoms with Crippen molar-refractivity contribution in [1.82, 2.24) is 0 Å². The fraction of sp³-hybridized carbons (Fsp3) is 0.333. The fourth-order valence-corrected chi connectivity index (χ4v) is 3.11. The minimum absolute atomic E-state index is 0.182. The van der Waals surface area contributed by atoms with Gasteiger partial charge in [0.15, 0.2) is 0 Å². The van der Waals surface area contributed by atoms with Crippen LogP contribution in [-0.2, 0) is 4.79 Å². The summed E-state index contributed by atoms with van der Waals surface area (Å²) in [6.45, 7) is 2.20. The second kappa shape index (κ2) is 8.52. The summed E-state index contributed by atoms with van der Waals surface area (Å²) in [5.74, 6) is -0.605. The molecule has 3 unspecified atom stereocenters. The third kappa shape index (κ3) is 4.63. The summed E-state index contributed by atoms with van der Waals surface area (Å²) in [4.78, 5) is 12.8. The number of alkyl halides is 2. The maximum absolute atomic E-state index is 12.8. The highest BCUT2D eigenvalue weighted by Crippen LogP contribution is 2.28. The van der Waals surface area contributed by atoms with Crippen molar-refractivity contribution in [2.75, 3.05) is 17.6 Å². The van der Waals surface area contributed by atoms with Crippen molar-refractivity contribution in [1.29, 1.82) is 5.41 Å². The van der Waals surface area contributed by atoms with E-state index in [0.29, 0.717) is 29.9 Å². The van der Waals surface area contributed by atoms with Crippen molar-refractivity contribution in [2.24, 2.45) is 11.7 Å². The van der Waals surface area contributed by atoms with Gasteiger partial charge in [0.25, 0.3) is 0 Å². The molecule has 6 N–H and O–H groups in total. The number of carbonyl (C=O) groups is 1. The Bertz CT molecular complexity index is 730. The van der Waals surface area contributed by atoms with Gasteiger partial charge in [0.05, 0.1) is 16.7 Å². The van der Waals surface area contributed by atoms with Crippen molar-refractivity contribution >= 4 is 46.7 Å². The summed E-state index contributed by atoms with van der Waals surface area (Å²) in [7, 11) is 0. The second-order valence-electron chi connectivity index (χ2n) is 5.97. The van der Waals surface area contributed by atoms with Crippen LogP contribution in [0.4, 0.5) is 11.4 Å². The third-order valence-corrected chi connectivity index (χ3v) is 5.09. The van der Waals surface area contributed by atoms with Crippen molar-refractivity contribution in [3.63, 3.8) is 0 Å². The van der Waals surface area contributed by atoms with E-state index in [4.69, 9.17) is 40.1 Å². The number of benzene rings is 1. The fourth-order valence-electron chi connectivity index (χ4n) is 2.74. The Morgan fingerprint density at radius 1 is 1.40 bits per heavy atom. The molecule has 0 aliphatic heterocycles. The van der Waals surface area contributed by atoms with Gasteiger partial charge in [-0.05, 0) is 43.2 Å². The van der Waals surface area contributed by atoms with Gasteiger partial charge < -0.3 is 22.2 Å². The zero-order valence-corrected chi connectivity index (χ0v) is 15.4. The first-order valence-electron chi connectivity index (χ1n) is 7.97. The number of nitrogens with one attached hydrogen (secondary N) is 2. The van der Waals surface area contributed by atoms with Crippen LogP contribution in [0, 0.1) is 18.3 Å². The molecule has 0 spiro atoms. The smallest absolute Gasteiger partial charge is 0.231 e. The molecule has 1 amide bonds. The lowest BCUT2D eigenvalue weighted by atomic mass is 9.90. The molecule has 1 aromatic carbocycles. The number of halogens is 2. The largest absolute Gasteiger partial charge is 0.398 e. The Labute approximate surface area is 157 Å². The predicted molar refractivity (Wildman–Crippen MR) is 106 cm³/mol. The number of anilines is 2. The lowest BCUT2D eigenvalue weighted by molar-refractivity contribution is -0.118. The minimum Gasteiger partial charge on any atom is -0.398 e. The molecule has 25 heavy (non-hydrogen) atoms. The first-order valence-corrected chi connectivity index (χ1v) is 8.84. The van der Waals surface area contributed by atoms with E-state index in [1.54, 1.807) is 24.3 Å². The Balaban J connectivity index is 2.24. The van der Waals surface area contributed by atoms with Crippen LogP contribution < -0.4 is 16.8 Å². The number of amides is 1. The van der Waals surface area contributed by atoms with E-state index < -0.39 is 5.92 Å². The molecule has 0 heterocycles. The molecule has 7 heteroatoms. The molecule has 1 aliphatic carbocycles. The summed E-state index contributed by atoms with van der Waals surface area (Å²) in [6, 6.07) is 3.46. The molecule has 1 aromatic rings. The molecular weight excluding hydrogens is 359 g/mol. The van der Waals surface area contributed by atoms with Crippen LogP contribution in [0.15, 0.2) is 35.9 Å². The number of nitrogen functional groups attached to an aromatic ring is 1. The lowest BCUT2D eigenvalue weighted by Crippen LogP contribution is -2.28. The standard InChI is InChI=1S/C18H22Cl2N4O/c1-10-6-13(7-12(9-22)17(10)23)24-18(25)14(4-5-21)11-2-3-15(19)16(20)8-11/h2-3,6-9,14-16,22H,4-5,21,23H2,1H3,(H,24,25). The van der Waals surface area contributed by atoms with Gasteiger partial charge in [-0.3, -0.25) is 4.79 Å². The Morgan fingerprint density at radius 2 is 2.12 bits per heavy atom. The van der Waals surface area contributed by atoms with E-state index in [-0.39, 0.29) is 16.7 Å². The van der Waals surface area contributed by atoms with Crippen LogP contribution in [0.5, 0.6) is 0 Å².